The van der Waals surface area contributed by atoms with Crippen molar-refractivity contribution in [2.24, 2.45) is 0 Å². The van der Waals surface area contributed by atoms with E-state index in [1.807, 2.05) is 30.3 Å². The fraction of sp³-hybridized carbons (Fsp3) is 0.0909. The summed E-state index contributed by atoms with van der Waals surface area (Å²) in [6, 6.07) is 12.1. The topological polar surface area (TPSA) is 41.6 Å². The van der Waals surface area contributed by atoms with Crippen molar-refractivity contribution >= 4 is 15.9 Å². The maximum atomic E-state index is 8.76. The molecule has 0 aliphatic heterocycles. The summed E-state index contributed by atoms with van der Waals surface area (Å²) in [5, 5.41) is 12.9. The van der Waals surface area contributed by atoms with Gasteiger partial charge in [0.05, 0.1) is 12.7 Å². The summed E-state index contributed by atoms with van der Waals surface area (Å²) < 4.78 is 2.49. The van der Waals surface area contributed by atoms with Crippen molar-refractivity contribution in [2.45, 2.75) is 6.54 Å². The highest BCUT2D eigenvalue weighted by Gasteiger charge is 2.06. The molecule has 0 radical (unpaired) electrons. The quantitative estimate of drug-likeness (QED) is 0.834. The number of nitriles is 1. The summed E-state index contributed by atoms with van der Waals surface area (Å²) in [4.78, 5) is 0. The zero-order valence-corrected chi connectivity index (χ0v) is 9.48. The molecule has 0 saturated heterocycles. The summed E-state index contributed by atoms with van der Waals surface area (Å²) in [5.74, 6) is 0. The Balaban J connectivity index is 2.26. The van der Waals surface area contributed by atoms with Crippen LogP contribution in [0.15, 0.2) is 41.1 Å². The number of aromatic nitrogens is 2. The molecule has 1 heterocycles. The van der Waals surface area contributed by atoms with Crippen LogP contribution in [0.4, 0.5) is 0 Å². The first-order valence-corrected chi connectivity index (χ1v) is 5.26. The van der Waals surface area contributed by atoms with E-state index in [4.69, 9.17) is 5.26 Å². The SMILES string of the molecule is N#Cc1cnn(Cc2ccccc2)c1Br. The van der Waals surface area contributed by atoms with Gasteiger partial charge in [0.1, 0.15) is 16.2 Å². The summed E-state index contributed by atoms with van der Waals surface area (Å²) in [6.45, 7) is 0.670. The number of hydrogen-bond acceptors (Lipinski definition) is 2. The van der Waals surface area contributed by atoms with Crippen molar-refractivity contribution in [3.05, 3.63) is 52.3 Å². The highest BCUT2D eigenvalue weighted by molar-refractivity contribution is 9.10. The molecule has 1 aromatic carbocycles. The molecule has 0 saturated carbocycles. The molecular weight excluding hydrogens is 254 g/mol. The van der Waals surface area contributed by atoms with Crippen LogP contribution in [0.3, 0.4) is 0 Å². The van der Waals surface area contributed by atoms with Gasteiger partial charge in [-0.2, -0.15) is 10.4 Å². The minimum absolute atomic E-state index is 0.561. The second kappa shape index (κ2) is 4.28. The molecule has 2 aromatic rings. The molecule has 2 rings (SSSR count). The number of rotatable bonds is 2. The summed E-state index contributed by atoms with van der Waals surface area (Å²) >= 11 is 3.35. The van der Waals surface area contributed by atoms with Crippen LogP contribution in [0.1, 0.15) is 11.1 Å². The number of benzene rings is 1. The minimum Gasteiger partial charge on any atom is -0.253 e. The van der Waals surface area contributed by atoms with Gasteiger partial charge in [-0.15, -0.1) is 0 Å². The van der Waals surface area contributed by atoms with Gasteiger partial charge in [-0.1, -0.05) is 30.3 Å². The molecule has 4 heteroatoms. The van der Waals surface area contributed by atoms with Crippen LogP contribution >= 0.6 is 15.9 Å². The van der Waals surface area contributed by atoms with E-state index < -0.39 is 0 Å². The van der Waals surface area contributed by atoms with Gasteiger partial charge in [0.2, 0.25) is 0 Å². The molecule has 0 N–H and O–H groups in total. The van der Waals surface area contributed by atoms with Crippen LogP contribution in [0, 0.1) is 11.3 Å². The average molecular weight is 262 g/mol. The molecule has 0 aliphatic rings. The first kappa shape index (κ1) is 9.94. The van der Waals surface area contributed by atoms with E-state index >= 15 is 0 Å². The van der Waals surface area contributed by atoms with E-state index in [9.17, 15) is 0 Å². The van der Waals surface area contributed by atoms with Crippen LogP contribution in [0.2, 0.25) is 0 Å². The standard InChI is InChI=1S/C11H8BrN3/c12-11-10(6-13)7-14-15(11)8-9-4-2-1-3-5-9/h1-5,7H,8H2. The first-order valence-electron chi connectivity index (χ1n) is 4.46. The normalized spacial score (nSPS) is 9.87. The smallest absolute Gasteiger partial charge is 0.122 e. The van der Waals surface area contributed by atoms with Crippen LogP contribution in [0.25, 0.3) is 0 Å². The van der Waals surface area contributed by atoms with Gasteiger partial charge >= 0.3 is 0 Å². The van der Waals surface area contributed by atoms with E-state index in [-0.39, 0.29) is 0 Å². The third-order valence-electron chi connectivity index (χ3n) is 2.07. The Kier molecular flexibility index (Phi) is 2.84. The molecular formula is C11H8BrN3. The molecule has 15 heavy (non-hydrogen) atoms. The molecule has 0 atom stereocenters. The van der Waals surface area contributed by atoms with E-state index in [0.717, 1.165) is 10.2 Å². The predicted molar refractivity (Wildman–Crippen MR) is 60.2 cm³/mol. The fourth-order valence-electron chi connectivity index (χ4n) is 1.31. The Hall–Kier alpha value is -1.60. The number of halogens is 1. The van der Waals surface area contributed by atoms with Crippen molar-refractivity contribution in [2.75, 3.05) is 0 Å². The molecule has 74 valence electrons. The number of nitrogens with zero attached hydrogens (tertiary/aromatic N) is 3. The van der Waals surface area contributed by atoms with E-state index in [1.165, 1.54) is 0 Å². The van der Waals surface area contributed by atoms with Crippen LogP contribution in [-0.2, 0) is 6.54 Å². The Morgan fingerprint density at radius 3 is 2.67 bits per heavy atom. The van der Waals surface area contributed by atoms with Crippen molar-refractivity contribution in [3.8, 4) is 6.07 Å². The minimum atomic E-state index is 0.561. The van der Waals surface area contributed by atoms with Gasteiger partial charge in [0.25, 0.3) is 0 Å². The van der Waals surface area contributed by atoms with Crippen molar-refractivity contribution in [3.63, 3.8) is 0 Å². The largest absolute Gasteiger partial charge is 0.253 e. The number of hydrogen-bond donors (Lipinski definition) is 0. The van der Waals surface area contributed by atoms with Crippen LogP contribution in [0.5, 0.6) is 0 Å². The Labute approximate surface area is 96.1 Å². The highest BCUT2D eigenvalue weighted by atomic mass is 79.9. The van der Waals surface area contributed by atoms with Crippen LogP contribution < -0.4 is 0 Å². The lowest BCUT2D eigenvalue weighted by Crippen LogP contribution is -2.01. The van der Waals surface area contributed by atoms with Gasteiger partial charge in [-0.05, 0) is 21.5 Å². The maximum Gasteiger partial charge on any atom is 0.122 e. The summed E-state index contributed by atoms with van der Waals surface area (Å²) in [5.41, 5.74) is 1.72. The van der Waals surface area contributed by atoms with Crippen molar-refractivity contribution in [1.82, 2.24) is 9.78 Å². The van der Waals surface area contributed by atoms with Gasteiger partial charge in [-0.25, -0.2) is 0 Å². The summed E-state index contributed by atoms with van der Waals surface area (Å²) in [6.07, 6.45) is 1.56. The van der Waals surface area contributed by atoms with E-state index in [0.29, 0.717) is 12.1 Å². The molecule has 0 fully saturated rings. The lowest BCUT2D eigenvalue weighted by molar-refractivity contribution is 0.671. The molecule has 0 spiro atoms. The highest BCUT2D eigenvalue weighted by Crippen LogP contribution is 2.16. The molecule has 3 nitrogen and oxygen atoms in total. The fourth-order valence-corrected chi connectivity index (χ4v) is 1.72. The molecule has 0 aliphatic carbocycles. The third kappa shape index (κ3) is 2.08. The lowest BCUT2D eigenvalue weighted by atomic mass is 10.2. The molecule has 0 amide bonds. The van der Waals surface area contributed by atoms with Gasteiger partial charge in [0.15, 0.2) is 0 Å². The van der Waals surface area contributed by atoms with Crippen LogP contribution in [-0.4, -0.2) is 9.78 Å². The third-order valence-corrected chi connectivity index (χ3v) is 2.91. The molecule has 0 unspecified atom stereocenters. The predicted octanol–water partition coefficient (Wildman–Crippen LogP) is 2.57. The zero-order chi connectivity index (χ0) is 10.7. The van der Waals surface area contributed by atoms with Gasteiger partial charge < -0.3 is 0 Å². The monoisotopic (exact) mass is 261 g/mol. The maximum absolute atomic E-state index is 8.76. The second-order valence-electron chi connectivity index (χ2n) is 3.10. The van der Waals surface area contributed by atoms with Gasteiger partial charge in [-0.3, -0.25) is 4.68 Å². The average Bonchev–Trinajstić information content (AvgIpc) is 2.62. The molecule has 1 aromatic heterocycles. The van der Waals surface area contributed by atoms with E-state index in [1.54, 1.807) is 10.9 Å². The Morgan fingerprint density at radius 1 is 1.33 bits per heavy atom. The lowest BCUT2D eigenvalue weighted by Gasteiger charge is -2.02. The summed E-state index contributed by atoms with van der Waals surface area (Å²) in [7, 11) is 0. The zero-order valence-electron chi connectivity index (χ0n) is 7.89. The van der Waals surface area contributed by atoms with Crippen molar-refractivity contribution < 1.29 is 0 Å². The second-order valence-corrected chi connectivity index (χ2v) is 3.86. The van der Waals surface area contributed by atoms with E-state index in [2.05, 4.69) is 27.1 Å². The molecule has 0 bridgehead atoms. The van der Waals surface area contributed by atoms with Crippen molar-refractivity contribution in [1.29, 1.82) is 5.26 Å². The first-order chi connectivity index (χ1) is 7.31. The van der Waals surface area contributed by atoms with Gasteiger partial charge in [0, 0.05) is 0 Å². The Bertz CT molecular complexity index is 496. The Morgan fingerprint density at radius 2 is 2.07 bits per heavy atom.